The molecule has 2 rings (SSSR count). The van der Waals surface area contributed by atoms with Gasteiger partial charge in [0, 0.05) is 19.2 Å². The van der Waals surface area contributed by atoms with E-state index in [4.69, 9.17) is 5.11 Å². The molecule has 0 aromatic rings. The van der Waals surface area contributed by atoms with Crippen LogP contribution < -0.4 is 5.32 Å². The highest BCUT2D eigenvalue weighted by Crippen LogP contribution is 2.21. The molecule has 0 radical (unpaired) electrons. The summed E-state index contributed by atoms with van der Waals surface area (Å²) in [6.45, 7) is 2.03. The Balaban J connectivity index is 1.95. The van der Waals surface area contributed by atoms with Gasteiger partial charge in [-0.1, -0.05) is 0 Å². The van der Waals surface area contributed by atoms with Crippen molar-refractivity contribution < 1.29 is 9.90 Å². The molecule has 2 heterocycles. The van der Waals surface area contributed by atoms with Crippen LogP contribution in [0.3, 0.4) is 0 Å². The second-order valence-electron chi connectivity index (χ2n) is 4.84. The molecule has 0 spiro atoms. The molecular formula is C12H22N2O2. The van der Waals surface area contributed by atoms with Gasteiger partial charge in [-0.2, -0.15) is 0 Å². The Morgan fingerprint density at radius 2 is 2.19 bits per heavy atom. The molecule has 4 nitrogen and oxygen atoms in total. The Kier molecular flexibility index (Phi) is 4.18. The van der Waals surface area contributed by atoms with Gasteiger partial charge in [0.05, 0.1) is 6.04 Å². The molecule has 4 heteroatoms. The molecule has 2 N–H and O–H groups in total. The van der Waals surface area contributed by atoms with Crippen LogP contribution in [0, 0.1) is 0 Å². The normalized spacial score (nSPS) is 30.7. The van der Waals surface area contributed by atoms with Gasteiger partial charge in [0.15, 0.2) is 0 Å². The summed E-state index contributed by atoms with van der Waals surface area (Å²) < 4.78 is 0. The molecule has 1 amide bonds. The van der Waals surface area contributed by atoms with Crippen molar-refractivity contribution in [2.24, 2.45) is 0 Å². The number of carbonyl (C=O) groups excluding carboxylic acids is 1. The van der Waals surface area contributed by atoms with Crippen LogP contribution in [0.2, 0.25) is 0 Å². The van der Waals surface area contributed by atoms with Gasteiger partial charge in [0.25, 0.3) is 0 Å². The minimum atomic E-state index is 0.0410. The van der Waals surface area contributed by atoms with Gasteiger partial charge in [-0.15, -0.1) is 0 Å². The van der Waals surface area contributed by atoms with Crippen molar-refractivity contribution >= 4 is 5.91 Å². The number of nitrogens with zero attached hydrogens (tertiary/aromatic N) is 1. The summed E-state index contributed by atoms with van der Waals surface area (Å²) in [5, 5.41) is 12.3. The van der Waals surface area contributed by atoms with Crippen molar-refractivity contribution in [1.29, 1.82) is 0 Å². The number of likely N-dealkylation sites (tertiary alicyclic amines) is 1. The number of piperidine rings is 1. The van der Waals surface area contributed by atoms with E-state index in [1.54, 1.807) is 0 Å². The zero-order valence-electron chi connectivity index (χ0n) is 9.82. The molecule has 0 bridgehead atoms. The van der Waals surface area contributed by atoms with Crippen molar-refractivity contribution in [1.82, 2.24) is 10.2 Å². The molecule has 0 saturated carbocycles. The van der Waals surface area contributed by atoms with Crippen LogP contribution in [0.25, 0.3) is 0 Å². The van der Waals surface area contributed by atoms with Crippen LogP contribution >= 0.6 is 0 Å². The Morgan fingerprint density at radius 3 is 2.88 bits per heavy atom. The van der Waals surface area contributed by atoms with E-state index in [2.05, 4.69) is 5.32 Å². The second-order valence-corrected chi connectivity index (χ2v) is 4.84. The topological polar surface area (TPSA) is 52.6 Å². The molecule has 2 aliphatic rings. The van der Waals surface area contributed by atoms with Gasteiger partial charge >= 0.3 is 0 Å². The lowest BCUT2D eigenvalue weighted by Gasteiger charge is -2.37. The average molecular weight is 226 g/mol. The summed E-state index contributed by atoms with van der Waals surface area (Å²) in [6, 6.07) is 0.313. The molecule has 0 aliphatic carbocycles. The number of hydrogen-bond donors (Lipinski definition) is 2. The molecule has 2 atom stereocenters. The zero-order valence-corrected chi connectivity index (χ0v) is 9.82. The Morgan fingerprint density at radius 1 is 1.31 bits per heavy atom. The minimum absolute atomic E-state index is 0.0410. The molecule has 92 valence electrons. The fourth-order valence-electron chi connectivity index (χ4n) is 2.84. The number of aliphatic hydroxyl groups excluding tert-OH is 1. The van der Waals surface area contributed by atoms with E-state index in [1.165, 1.54) is 6.42 Å². The van der Waals surface area contributed by atoms with Crippen molar-refractivity contribution in [3.8, 4) is 0 Å². The molecular weight excluding hydrogens is 204 g/mol. The average Bonchev–Trinajstić information content (AvgIpc) is 2.83. The van der Waals surface area contributed by atoms with E-state index in [0.717, 1.165) is 45.2 Å². The summed E-state index contributed by atoms with van der Waals surface area (Å²) in [5.74, 6) is 0.260. The van der Waals surface area contributed by atoms with Crippen molar-refractivity contribution in [2.75, 3.05) is 19.7 Å². The monoisotopic (exact) mass is 226 g/mol. The Labute approximate surface area is 97.0 Å². The summed E-state index contributed by atoms with van der Waals surface area (Å²) in [6.07, 6.45) is 6.17. The third-order valence-corrected chi connectivity index (χ3v) is 3.73. The lowest BCUT2D eigenvalue weighted by Crippen LogP contribution is -2.50. The fourth-order valence-corrected chi connectivity index (χ4v) is 2.84. The van der Waals surface area contributed by atoms with Gasteiger partial charge in [0.2, 0.25) is 5.91 Å². The van der Waals surface area contributed by atoms with Crippen LogP contribution in [0.15, 0.2) is 0 Å². The van der Waals surface area contributed by atoms with Crippen molar-refractivity contribution in [3.05, 3.63) is 0 Å². The van der Waals surface area contributed by atoms with Crippen LogP contribution in [0.4, 0.5) is 0 Å². The maximum absolute atomic E-state index is 12.3. The Hall–Kier alpha value is -0.610. The molecule has 16 heavy (non-hydrogen) atoms. The van der Waals surface area contributed by atoms with E-state index >= 15 is 0 Å². The van der Waals surface area contributed by atoms with Crippen molar-refractivity contribution in [3.63, 3.8) is 0 Å². The lowest BCUT2D eigenvalue weighted by molar-refractivity contribution is -0.137. The van der Waals surface area contributed by atoms with E-state index in [9.17, 15) is 4.79 Å². The first-order valence-corrected chi connectivity index (χ1v) is 6.47. The number of rotatable bonds is 3. The van der Waals surface area contributed by atoms with Gasteiger partial charge in [0.1, 0.15) is 0 Å². The lowest BCUT2D eigenvalue weighted by atomic mass is 9.98. The van der Waals surface area contributed by atoms with Crippen LogP contribution in [0.5, 0.6) is 0 Å². The highest BCUT2D eigenvalue weighted by atomic mass is 16.3. The molecule has 2 saturated heterocycles. The van der Waals surface area contributed by atoms with E-state index in [0.29, 0.717) is 0 Å². The third-order valence-electron chi connectivity index (χ3n) is 3.73. The first-order valence-electron chi connectivity index (χ1n) is 6.47. The SMILES string of the molecule is O=C(C1CCCN1)N1CCCCC1CCO. The zero-order chi connectivity index (χ0) is 11.4. The first kappa shape index (κ1) is 11.9. The van der Waals surface area contributed by atoms with Crippen LogP contribution in [-0.2, 0) is 4.79 Å². The second kappa shape index (κ2) is 5.64. The van der Waals surface area contributed by atoms with E-state index in [1.807, 2.05) is 4.90 Å². The predicted molar refractivity (Wildman–Crippen MR) is 62.1 cm³/mol. The quantitative estimate of drug-likeness (QED) is 0.737. The highest BCUT2D eigenvalue weighted by Gasteiger charge is 2.32. The smallest absolute Gasteiger partial charge is 0.239 e. The summed E-state index contributed by atoms with van der Waals surface area (Å²) in [7, 11) is 0. The highest BCUT2D eigenvalue weighted by molar-refractivity contribution is 5.82. The number of nitrogens with one attached hydrogen (secondary N) is 1. The van der Waals surface area contributed by atoms with Gasteiger partial charge < -0.3 is 15.3 Å². The molecule has 0 aromatic heterocycles. The third kappa shape index (κ3) is 2.55. The van der Waals surface area contributed by atoms with Gasteiger partial charge in [-0.25, -0.2) is 0 Å². The van der Waals surface area contributed by atoms with Gasteiger partial charge in [-0.05, 0) is 45.1 Å². The molecule has 0 aromatic carbocycles. The molecule has 2 unspecified atom stereocenters. The number of aliphatic hydroxyl groups is 1. The van der Waals surface area contributed by atoms with E-state index < -0.39 is 0 Å². The number of carbonyl (C=O) groups is 1. The van der Waals surface area contributed by atoms with Crippen LogP contribution in [-0.4, -0.2) is 47.7 Å². The summed E-state index contributed by atoms with van der Waals surface area (Å²) in [5.41, 5.74) is 0. The largest absolute Gasteiger partial charge is 0.396 e. The number of amides is 1. The summed E-state index contributed by atoms with van der Waals surface area (Å²) >= 11 is 0. The number of hydrogen-bond acceptors (Lipinski definition) is 3. The maximum Gasteiger partial charge on any atom is 0.239 e. The fraction of sp³-hybridized carbons (Fsp3) is 0.917. The van der Waals surface area contributed by atoms with E-state index in [-0.39, 0.29) is 24.6 Å². The maximum atomic E-state index is 12.3. The molecule has 2 aliphatic heterocycles. The van der Waals surface area contributed by atoms with Crippen LogP contribution in [0.1, 0.15) is 38.5 Å². The predicted octanol–water partition coefficient (Wildman–Crippen LogP) is 0.502. The first-order chi connectivity index (χ1) is 7.83. The molecule has 2 fully saturated rings. The standard InChI is InChI=1S/C12H22N2O2/c15-9-6-10-4-1-2-8-14(10)12(16)11-5-3-7-13-11/h10-11,13,15H,1-9H2. The summed E-state index contributed by atoms with van der Waals surface area (Å²) in [4.78, 5) is 14.3. The minimum Gasteiger partial charge on any atom is -0.396 e. The Bertz CT molecular complexity index is 237. The van der Waals surface area contributed by atoms with Gasteiger partial charge in [-0.3, -0.25) is 4.79 Å². The van der Waals surface area contributed by atoms with Crippen molar-refractivity contribution in [2.45, 2.75) is 50.6 Å².